The van der Waals surface area contributed by atoms with Crippen LogP contribution in [0.3, 0.4) is 0 Å². The molecule has 0 aromatic rings. The van der Waals surface area contributed by atoms with E-state index in [9.17, 15) is 13.2 Å². The van der Waals surface area contributed by atoms with Crippen LogP contribution in [0.5, 0.6) is 0 Å². The molecule has 0 aromatic carbocycles. The van der Waals surface area contributed by atoms with Gasteiger partial charge in [-0.25, -0.2) is 0 Å². The molecule has 0 heterocycles. The Labute approximate surface area is 102 Å². The highest BCUT2D eigenvalue weighted by molar-refractivity contribution is 4.83. The highest BCUT2D eigenvalue weighted by Gasteiger charge is 2.42. The van der Waals surface area contributed by atoms with Crippen molar-refractivity contribution in [2.45, 2.75) is 70.5 Å². The molecule has 0 amide bonds. The molecule has 0 radical (unpaired) electrons. The first kappa shape index (κ1) is 14.8. The van der Waals surface area contributed by atoms with Gasteiger partial charge in [0.25, 0.3) is 0 Å². The molecule has 1 aliphatic rings. The largest absolute Gasteiger partial charge is 0.391 e. The summed E-state index contributed by atoms with van der Waals surface area (Å²) in [7, 11) is 0. The number of nitrogens with two attached hydrogens (primary N) is 1. The Morgan fingerprint density at radius 2 is 1.94 bits per heavy atom. The van der Waals surface area contributed by atoms with Crippen LogP contribution in [-0.2, 0) is 0 Å². The second kappa shape index (κ2) is 6.62. The smallest absolute Gasteiger partial charge is 0.327 e. The molecule has 2 N–H and O–H groups in total. The molecule has 3 unspecified atom stereocenters. The van der Waals surface area contributed by atoms with Crippen LogP contribution >= 0.6 is 0 Å². The third kappa shape index (κ3) is 4.86. The van der Waals surface area contributed by atoms with Gasteiger partial charge in [-0.1, -0.05) is 32.6 Å². The molecule has 0 spiro atoms. The Bertz CT molecular complexity index is 215. The first-order valence-corrected chi connectivity index (χ1v) is 6.77. The second-order valence-electron chi connectivity index (χ2n) is 5.32. The molecule has 17 heavy (non-hydrogen) atoms. The highest BCUT2D eigenvalue weighted by Crippen LogP contribution is 2.41. The number of alkyl halides is 3. The summed E-state index contributed by atoms with van der Waals surface area (Å²) in [4.78, 5) is 0. The maximum Gasteiger partial charge on any atom is 0.391 e. The molecule has 102 valence electrons. The van der Waals surface area contributed by atoms with Crippen molar-refractivity contribution in [3.05, 3.63) is 0 Å². The molecular formula is C13H24F3N. The van der Waals surface area contributed by atoms with Gasteiger partial charge < -0.3 is 5.73 Å². The van der Waals surface area contributed by atoms with Gasteiger partial charge in [-0.2, -0.15) is 13.2 Å². The zero-order chi connectivity index (χ0) is 12.9. The molecule has 0 bridgehead atoms. The maximum atomic E-state index is 12.6. The molecule has 0 aromatic heterocycles. The Morgan fingerprint density at radius 1 is 1.24 bits per heavy atom. The quantitative estimate of drug-likeness (QED) is 0.726. The van der Waals surface area contributed by atoms with Gasteiger partial charge in [-0.3, -0.25) is 0 Å². The number of hydrogen-bond acceptors (Lipinski definition) is 1. The number of halogens is 3. The van der Waals surface area contributed by atoms with Crippen LogP contribution in [0, 0.1) is 11.8 Å². The summed E-state index contributed by atoms with van der Waals surface area (Å²) in [6.45, 7) is 2.12. The SMILES string of the molecule is CCCCCC(N)C1CCCC(C(F)(F)F)C1. The van der Waals surface area contributed by atoms with Gasteiger partial charge in [-0.05, 0) is 31.6 Å². The van der Waals surface area contributed by atoms with Crippen LogP contribution < -0.4 is 5.73 Å². The topological polar surface area (TPSA) is 26.0 Å². The van der Waals surface area contributed by atoms with Crippen LogP contribution in [0.2, 0.25) is 0 Å². The summed E-state index contributed by atoms with van der Waals surface area (Å²) < 4.78 is 37.9. The average molecular weight is 251 g/mol. The predicted molar refractivity (Wildman–Crippen MR) is 63.6 cm³/mol. The fourth-order valence-electron chi connectivity index (χ4n) is 2.78. The van der Waals surface area contributed by atoms with Crippen molar-refractivity contribution in [3.63, 3.8) is 0 Å². The monoisotopic (exact) mass is 251 g/mol. The van der Waals surface area contributed by atoms with E-state index in [0.717, 1.165) is 32.1 Å². The molecule has 4 heteroatoms. The summed E-state index contributed by atoms with van der Waals surface area (Å²) in [6, 6.07) is -0.0355. The normalized spacial score (nSPS) is 28.1. The van der Waals surface area contributed by atoms with Crippen LogP contribution in [0.1, 0.15) is 58.3 Å². The minimum atomic E-state index is -4.03. The van der Waals surface area contributed by atoms with E-state index in [1.807, 2.05) is 0 Å². The molecule has 1 aliphatic carbocycles. The molecule has 3 atom stereocenters. The van der Waals surface area contributed by atoms with Crippen molar-refractivity contribution in [3.8, 4) is 0 Å². The number of hydrogen-bond donors (Lipinski definition) is 1. The Hall–Kier alpha value is -0.250. The van der Waals surface area contributed by atoms with E-state index < -0.39 is 12.1 Å². The molecule has 1 saturated carbocycles. The summed E-state index contributed by atoms with van der Waals surface area (Å²) in [6.07, 6.45) is 2.25. The highest BCUT2D eigenvalue weighted by atomic mass is 19.4. The summed E-state index contributed by atoms with van der Waals surface area (Å²) in [5, 5.41) is 0. The fraction of sp³-hybridized carbons (Fsp3) is 1.00. The van der Waals surface area contributed by atoms with Gasteiger partial charge in [0.05, 0.1) is 5.92 Å². The van der Waals surface area contributed by atoms with Crippen LogP contribution in [-0.4, -0.2) is 12.2 Å². The molecule has 1 rings (SSSR count). The lowest BCUT2D eigenvalue weighted by Crippen LogP contribution is -2.37. The van der Waals surface area contributed by atoms with E-state index in [-0.39, 0.29) is 18.4 Å². The van der Waals surface area contributed by atoms with Crippen molar-refractivity contribution < 1.29 is 13.2 Å². The predicted octanol–water partition coefficient (Wildman–Crippen LogP) is 4.26. The molecule has 1 nitrogen and oxygen atoms in total. The third-order valence-corrected chi connectivity index (χ3v) is 3.92. The van der Waals surface area contributed by atoms with Crippen molar-refractivity contribution >= 4 is 0 Å². The average Bonchev–Trinajstić information content (AvgIpc) is 2.28. The van der Waals surface area contributed by atoms with Crippen LogP contribution in [0.4, 0.5) is 13.2 Å². The molecule has 0 saturated heterocycles. The standard InChI is InChI=1S/C13H24F3N/c1-2-3-4-8-12(17)10-6-5-7-11(9-10)13(14,15)16/h10-12H,2-9,17H2,1H3. The van der Waals surface area contributed by atoms with E-state index in [4.69, 9.17) is 5.73 Å². The van der Waals surface area contributed by atoms with Crippen molar-refractivity contribution in [1.29, 1.82) is 0 Å². The van der Waals surface area contributed by atoms with E-state index >= 15 is 0 Å². The maximum absolute atomic E-state index is 12.6. The molecular weight excluding hydrogens is 227 g/mol. The minimum Gasteiger partial charge on any atom is -0.327 e. The zero-order valence-electron chi connectivity index (χ0n) is 10.6. The van der Waals surface area contributed by atoms with E-state index in [1.54, 1.807) is 0 Å². The van der Waals surface area contributed by atoms with Crippen LogP contribution in [0.25, 0.3) is 0 Å². The fourth-order valence-corrected chi connectivity index (χ4v) is 2.78. The van der Waals surface area contributed by atoms with Gasteiger partial charge in [0.15, 0.2) is 0 Å². The van der Waals surface area contributed by atoms with Crippen molar-refractivity contribution in [1.82, 2.24) is 0 Å². The number of rotatable bonds is 5. The van der Waals surface area contributed by atoms with Gasteiger partial charge in [0.2, 0.25) is 0 Å². The Kier molecular flexibility index (Phi) is 5.77. The minimum absolute atomic E-state index is 0.0355. The molecule has 1 fully saturated rings. The van der Waals surface area contributed by atoms with Gasteiger partial charge in [0.1, 0.15) is 0 Å². The third-order valence-electron chi connectivity index (χ3n) is 3.92. The Balaban J connectivity index is 2.38. The Morgan fingerprint density at radius 3 is 2.53 bits per heavy atom. The summed E-state index contributed by atoms with van der Waals surface area (Å²) >= 11 is 0. The lowest BCUT2D eigenvalue weighted by atomic mass is 9.76. The van der Waals surface area contributed by atoms with Gasteiger partial charge in [0, 0.05) is 6.04 Å². The zero-order valence-corrected chi connectivity index (χ0v) is 10.6. The van der Waals surface area contributed by atoms with E-state index in [0.29, 0.717) is 12.8 Å². The summed E-state index contributed by atoms with van der Waals surface area (Å²) in [5.74, 6) is -1.04. The molecule has 0 aliphatic heterocycles. The van der Waals surface area contributed by atoms with E-state index in [2.05, 4.69) is 6.92 Å². The van der Waals surface area contributed by atoms with Crippen molar-refractivity contribution in [2.75, 3.05) is 0 Å². The summed E-state index contributed by atoms with van der Waals surface area (Å²) in [5.41, 5.74) is 6.03. The van der Waals surface area contributed by atoms with Crippen LogP contribution in [0.15, 0.2) is 0 Å². The van der Waals surface area contributed by atoms with Crippen molar-refractivity contribution in [2.24, 2.45) is 17.6 Å². The van der Waals surface area contributed by atoms with Gasteiger partial charge in [-0.15, -0.1) is 0 Å². The second-order valence-corrected chi connectivity index (χ2v) is 5.32. The first-order valence-electron chi connectivity index (χ1n) is 6.77. The van der Waals surface area contributed by atoms with Gasteiger partial charge >= 0.3 is 6.18 Å². The first-order chi connectivity index (χ1) is 7.95. The lowest BCUT2D eigenvalue weighted by molar-refractivity contribution is -0.186. The number of unbranched alkanes of at least 4 members (excludes halogenated alkanes) is 2. The van der Waals surface area contributed by atoms with E-state index in [1.165, 1.54) is 0 Å². The lowest BCUT2D eigenvalue weighted by Gasteiger charge is -2.33.